The third-order valence-electron chi connectivity index (χ3n) is 3.84. The highest BCUT2D eigenvalue weighted by Gasteiger charge is 2.31. The molecule has 0 N–H and O–H groups in total. The van der Waals surface area contributed by atoms with Crippen LogP contribution in [0.3, 0.4) is 0 Å². The molecule has 1 fully saturated rings. The van der Waals surface area contributed by atoms with Crippen LogP contribution in [-0.2, 0) is 16.4 Å². The van der Waals surface area contributed by atoms with Crippen molar-refractivity contribution in [2.45, 2.75) is 17.6 Å². The Morgan fingerprint density at radius 3 is 2.48 bits per heavy atom. The van der Waals surface area contributed by atoms with Crippen molar-refractivity contribution in [3.05, 3.63) is 39.4 Å². The number of carbonyl (C=O) groups excluding carboxylic acids is 1. The summed E-state index contributed by atoms with van der Waals surface area (Å²) in [5, 5.41) is 1.76. The van der Waals surface area contributed by atoms with E-state index in [1.54, 1.807) is 22.4 Å². The number of sulfonamides is 1. The van der Waals surface area contributed by atoms with Gasteiger partial charge in [-0.05, 0) is 30.0 Å². The highest BCUT2D eigenvalue weighted by atomic mass is 32.2. The van der Waals surface area contributed by atoms with Crippen LogP contribution in [-0.4, -0.2) is 49.7 Å². The maximum atomic E-state index is 12.5. The molecule has 23 heavy (non-hydrogen) atoms. The first-order chi connectivity index (χ1) is 11.0. The van der Waals surface area contributed by atoms with E-state index in [2.05, 4.69) is 6.92 Å². The lowest BCUT2D eigenvalue weighted by Gasteiger charge is -2.33. The Hall–Kier alpha value is -1.22. The fourth-order valence-electron chi connectivity index (χ4n) is 2.51. The number of amides is 1. The van der Waals surface area contributed by atoms with Gasteiger partial charge >= 0.3 is 0 Å². The summed E-state index contributed by atoms with van der Waals surface area (Å²) < 4.78 is 26.8. The van der Waals surface area contributed by atoms with E-state index < -0.39 is 10.0 Å². The molecule has 0 aliphatic carbocycles. The highest BCUT2D eigenvalue weighted by molar-refractivity contribution is 7.91. The molecule has 0 saturated carbocycles. The van der Waals surface area contributed by atoms with Gasteiger partial charge in [-0.1, -0.05) is 13.0 Å². The topological polar surface area (TPSA) is 57.7 Å². The molecule has 5 nitrogen and oxygen atoms in total. The predicted octanol–water partition coefficient (Wildman–Crippen LogP) is 2.52. The van der Waals surface area contributed by atoms with Gasteiger partial charge in [-0.2, -0.15) is 4.31 Å². The molecule has 2 aromatic rings. The number of rotatable bonds is 4. The van der Waals surface area contributed by atoms with Gasteiger partial charge in [0.15, 0.2) is 0 Å². The number of hydrogen-bond acceptors (Lipinski definition) is 5. The van der Waals surface area contributed by atoms with Gasteiger partial charge in [0, 0.05) is 31.1 Å². The van der Waals surface area contributed by atoms with Crippen LogP contribution in [0.5, 0.6) is 0 Å². The van der Waals surface area contributed by atoms with Crippen molar-refractivity contribution >= 4 is 38.6 Å². The summed E-state index contributed by atoms with van der Waals surface area (Å²) >= 11 is 2.74. The average molecular weight is 371 g/mol. The summed E-state index contributed by atoms with van der Waals surface area (Å²) in [7, 11) is -3.42. The molecule has 3 rings (SSSR count). The van der Waals surface area contributed by atoms with E-state index in [1.165, 1.54) is 31.9 Å². The number of hydrogen-bond donors (Lipinski definition) is 0. The second-order valence-corrected chi connectivity index (χ2v) is 9.53. The molecule has 0 spiro atoms. The molecule has 1 aliphatic heterocycles. The van der Waals surface area contributed by atoms with Crippen LogP contribution >= 0.6 is 22.7 Å². The Labute approximate surface area is 144 Å². The summed E-state index contributed by atoms with van der Waals surface area (Å²) in [5.74, 6) is 0.00266. The third-order valence-corrected chi connectivity index (χ3v) is 8.33. The number of aryl methyl sites for hydroxylation is 1. The predicted molar refractivity (Wildman–Crippen MR) is 92.7 cm³/mol. The van der Waals surface area contributed by atoms with E-state index in [0.717, 1.165) is 11.3 Å². The summed E-state index contributed by atoms with van der Waals surface area (Å²) in [6, 6.07) is 7.20. The van der Waals surface area contributed by atoms with E-state index in [0.29, 0.717) is 30.4 Å². The Kier molecular flexibility index (Phi) is 4.86. The lowest BCUT2D eigenvalue weighted by atomic mass is 10.3. The van der Waals surface area contributed by atoms with E-state index in [-0.39, 0.29) is 5.91 Å². The zero-order valence-corrected chi connectivity index (χ0v) is 15.2. The first-order valence-electron chi connectivity index (χ1n) is 7.44. The number of piperazine rings is 1. The number of thiophene rings is 2. The Bertz CT molecular complexity index is 773. The van der Waals surface area contributed by atoms with Crippen LogP contribution < -0.4 is 0 Å². The standard InChI is InChI=1S/C15H18N2O3S3/c1-2-12-5-6-13(22-12)15(18)16-7-9-17(10-8-16)23(19,20)14-4-3-11-21-14/h3-6,11H,2,7-10H2,1H3. The summed E-state index contributed by atoms with van der Waals surface area (Å²) in [6.07, 6.45) is 0.921. The Morgan fingerprint density at radius 2 is 1.91 bits per heavy atom. The van der Waals surface area contributed by atoms with Crippen molar-refractivity contribution in [2.24, 2.45) is 0 Å². The third kappa shape index (κ3) is 3.35. The van der Waals surface area contributed by atoms with E-state index in [9.17, 15) is 13.2 Å². The van der Waals surface area contributed by atoms with Gasteiger partial charge in [0.05, 0.1) is 4.88 Å². The van der Waals surface area contributed by atoms with Gasteiger partial charge in [0.2, 0.25) is 0 Å². The van der Waals surface area contributed by atoms with E-state index >= 15 is 0 Å². The maximum Gasteiger partial charge on any atom is 0.264 e. The Morgan fingerprint density at radius 1 is 1.17 bits per heavy atom. The van der Waals surface area contributed by atoms with Gasteiger partial charge in [-0.15, -0.1) is 22.7 Å². The minimum atomic E-state index is -3.42. The zero-order chi connectivity index (χ0) is 16.4. The molecule has 3 heterocycles. The van der Waals surface area contributed by atoms with Crippen molar-refractivity contribution in [1.29, 1.82) is 0 Å². The maximum absolute atomic E-state index is 12.5. The molecule has 0 radical (unpaired) electrons. The molecule has 1 saturated heterocycles. The Balaban J connectivity index is 1.65. The second kappa shape index (κ2) is 6.72. The minimum absolute atomic E-state index is 0.00266. The molecule has 1 aliphatic rings. The van der Waals surface area contributed by atoms with Crippen molar-refractivity contribution in [1.82, 2.24) is 9.21 Å². The van der Waals surface area contributed by atoms with Crippen molar-refractivity contribution < 1.29 is 13.2 Å². The molecule has 2 aromatic heterocycles. The molecule has 8 heteroatoms. The number of carbonyl (C=O) groups is 1. The quantitative estimate of drug-likeness (QED) is 0.831. The van der Waals surface area contributed by atoms with Crippen LogP contribution in [0.4, 0.5) is 0 Å². The summed E-state index contributed by atoms with van der Waals surface area (Å²) in [4.78, 5) is 16.1. The van der Waals surface area contributed by atoms with Gasteiger partial charge < -0.3 is 4.90 Å². The fraction of sp³-hybridized carbons (Fsp3) is 0.400. The zero-order valence-electron chi connectivity index (χ0n) is 12.8. The van der Waals surface area contributed by atoms with Gasteiger partial charge in [-0.25, -0.2) is 8.42 Å². The molecule has 0 unspecified atom stereocenters. The summed E-state index contributed by atoms with van der Waals surface area (Å²) in [6.45, 7) is 3.62. The van der Waals surface area contributed by atoms with Crippen LogP contribution in [0.2, 0.25) is 0 Å². The minimum Gasteiger partial charge on any atom is -0.335 e. The van der Waals surface area contributed by atoms with E-state index in [1.807, 2.05) is 12.1 Å². The number of nitrogens with zero attached hydrogens (tertiary/aromatic N) is 2. The normalized spacial score (nSPS) is 16.7. The lowest BCUT2D eigenvalue weighted by Crippen LogP contribution is -2.50. The first kappa shape index (κ1) is 16.6. The van der Waals surface area contributed by atoms with Crippen molar-refractivity contribution in [2.75, 3.05) is 26.2 Å². The van der Waals surface area contributed by atoms with Gasteiger partial charge in [0.25, 0.3) is 15.9 Å². The smallest absolute Gasteiger partial charge is 0.264 e. The van der Waals surface area contributed by atoms with Crippen LogP contribution in [0.15, 0.2) is 33.9 Å². The van der Waals surface area contributed by atoms with Crippen LogP contribution in [0, 0.1) is 0 Å². The lowest BCUT2D eigenvalue weighted by molar-refractivity contribution is 0.0703. The molecule has 0 atom stereocenters. The van der Waals surface area contributed by atoms with Gasteiger partial charge in [0.1, 0.15) is 4.21 Å². The van der Waals surface area contributed by atoms with Crippen molar-refractivity contribution in [3.8, 4) is 0 Å². The van der Waals surface area contributed by atoms with Gasteiger partial charge in [-0.3, -0.25) is 4.79 Å². The van der Waals surface area contributed by atoms with E-state index in [4.69, 9.17) is 0 Å². The summed E-state index contributed by atoms with van der Waals surface area (Å²) in [5.41, 5.74) is 0. The largest absolute Gasteiger partial charge is 0.335 e. The molecule has 0 aromatic carbocycles. The molecular weight excluding hydrogens is 352 g/mol. The van der Waals surface area contributed by atoms with Crippen LogP contribution in [0.25, 0.3) is 0 Å². The van der Waals surface area contributed by atoms with Crippen LogP contribution in [0.1, 0.15) is 21.5 Å². The highest BCUT2D eigenvalue weighted by Crippen LogP contribution is 2.23. The fourth-order valence-corrected chi connectivity index (χ4v) is 5.99. The molecular formula is C15H18N2O3S3. The molecule has 0 bridgehead atoms. The first-order valence-corrected chi connectivity index (χ1v) is 10.6. The monoisotopic (exact) mass is 370 g/mol. The molecule has 1 amide bonds. The molecule has 124 valence electrons. The van der Waals surface area contributed by atoms with Crippen molar-refractivity contribution in [3.63, 3.8) is 0 Å². The SMILES string of the molecule is CCc1ccc(C(=O)N2CCN(S(=O)(=O)c3cccs3)CC2)s1. The second-order valence-electron chi connectivity index (χ2n) is 5.25. The average Bonchev–Trinajstić information content (AvgIpc) is 3.25.